The van der Waals surface area contributed by atoms with Gasteiger partial charge in [-0.1, -0.05) is 25.7 Å². The van der Waals surface area contributed by atoms with Crippen molar-refractivity contribution in [3.05, 3.63) is 0 Å². The summed E-state index contributed by atoms with van der Waals surface area (Å²) < 4.78 is 11.1. The van der Waals surface area contributed by atoms with Gasteiger partial charge < -0.3 is 9.47 Å². The predicted octanol–water partition coefficient (Wildman–Crippen LogP) is 3.79. The summed E-state index contributed by atoms with van der Waals surface area (Å²) in [5, 5.41) is 0. The molecule has 2 rings (SSSR count). The van der Waals surface area contributed by atoms with Gasteiger partial charge in [0.25, 0.3) is 0 Å². The van der Waals surface area contributed by atoms with Crippen molar-refractivity contribution in [2.45, 2.75) is 70.0 Å². The fourth-order valence-corrected chi connectivity index (χ4v) is 3.81. The Morgan fingerprint density at radius 2 is 1.24 bits per heavy atom. The Balaban J connectivity index is 1.75. The van der Waals surface area contributed by atoms with E-state index in [9.17, 15) is 0 Å². The number of rotatable bonds is 4. The summed E-state index contributed by atoms with van der Waals surface area (Å²) in [6.45, 7) is 0. The second-order valence-electron chi connectivity index (χ2n) is 6.02. The third-order valence-electron chi connectivity index (χ3n) is 4.80. The summed E-state index contributed by atoms with van der Waals surface area (Å²) in [7, 11) is 3.74. The Morgan fingerprint density at radius 1 is 0.765 bits per heavy atom. The maximum absolute atomic E-state index is 5.53. The third-order valence-corrected chi connectivity index (χ3v) is 4.80. The lowest BCUT2D eigenvalue weighted by molar-refractivity contribution is 0.0260. The molecule has 0 aromatic carbocycles. The van der Waals surface area contributed by atoms with Gasteiger partial charge in [-0.2, -0.15) is 0 Å². The molecule has 0 radical (unpaired) electrons. The average Bonchev–Trinajstić information content (AvgIpc) is 2.39. The van der Waals surface area contributed by atoms with Crippen LogP contribution in [0.2, 0.25) is 0 Å². The Kier molecular flexibility index (Phi) is 5.30. The molecule has 2 nitrogen and oxygen atoms in total. The highest BCUT2D eigenvalue weighted by Crippen LogP contribution is 2.36. The van der Waals surface area contributed by atoms with Gasteiger partial charge in [-0.05, 0) is 43.9 Å². The summed E-state index contributed by atoms with van der Waals surface area (Å²) in [6.07, 6.45) is 13.2. The van der Waals surface area contributed by atoms with Gasteiger partial charge >= 0.3 is 0 Å². The van der Waals surface area contributed by atoms with Crippen molar-refractivity contribution in [1.29, 1.82) is 0 Å². The van der Waals surface area contributed by atoms with E-state index in [0.29, 0.717) is 12.2 Å². The van der Waals surface area contributed by atoms with E-state index in [4.69, 9.17) is 9.47 Å². The Labute approximate surface area is 106 Å². The van der Waals surface area contributed by atoms with Crippen molar-refractivity contribution in [2.75, 3.05) is 14.2 Å². The Morgan fingerprint density at radius 3 is 1.65 bits per heavy atom. The van der Waals surface area contributed by atoms with Crippen molar-refractivity contribution in [1.82, 2.24) is 0 Å². The quantitative estimate of drug-likeness (QED) is 0.744. The molecule has 0 N–H and O–H groups in total. The standard InChI is InChI=1S/C15H28O2/c1-16-14-7-3-5-12(10-14)9-13-6-4-8-15(11-13)17-2/h12-15H,3-11H2,1-2H3. The zero-order chi connectivity index (χ0) is 12.1. The fraction of sp³-hybridized carbons (Fsp3) is 1.00. The Hall–Kier alpha value is -0.0800. The minimum absolute atomic E-state index is 0.538. The fourth-order valence-electron chi connectivity index (χ4n) is 3.81. The smallest absolute Gasteiger partial charge is 0.0574 e. The van der Waals surface area contributed by atoms with E-state index in [0.717, 1.165) is 11.8 Å². The predicted molar refractivity (Wildman–Crippen MR) is 70.1 cm³/mol. The van der Waals surface area contributed by atoms with Crippen LogP contribution in [0, 0.1) is 11.8 Å². The van der Waals surface area contributed by atoms with E-state index >= 15 is 0 Å². The van der Waals surface area contributed by atoms with Crippen LogP contribution in [0.15, 0.2) is 0 Å². The summed E-state index contributed by atoms with van der Waals surface area (Å²) >= 11 is 0. The number of methoxy groups -OCH3 is 2. The molecule has 4 atom stereocenters. The zero-order valence-electron chi connectivity index (χ0n) is 11.5. The molecule has 0 saturated heterocycles. The molecule has 4 unspecified atom stereocenters. The molecule has 2 aliphatic carbocycles. The lowest BCUT2D eigenvalue weighted by Crippen LogP contribution is -2.27. The van der Waals surface area contributed by atoms with Gasteiger partial charge in [0.05, 0.1) is 12.2 Å². The van der Waals surface area contributed by atoms with Gasteiger partial charge in [-0.25, -0.2) is 0 Å². The highest BCUT2D eigenvalue weighted by molar-refractivity contribution is 4.79. The Bertz CT molecular complexity index is 195. The molecule has 100 valence electrons. The van der Waals surface area contributed by atoms with Crippen LogP contribution in [-0.2, 0) is 9.47 Å². The lowest BCUT2D eigenvalue weighted by atomic mass is 9.76. The van der Waals surface area contributed by atoms with Crippen LogP contribution in [0.25, 0.3) is 0 Å². The molecule has 0 aromatic heterocycles. The van der Waals surface area contributed by atoms with Crippen molar-refractivity contribution in [2.24, 2.45) is 11.8 Å². The maximum atomic E-state index is 5.53. The number of hydrogen-bond donors (Lipinski definition) is 0. The van der Waals surface area contributed by atoms with Crippen LogP contribution in [0.1, 0.15) is 57.8 Å². The summed E-state index contributed by atoms with van der Waals surface area (Å²) in [4.78, 5) is 0. The van der Waals surface area contributed by atoms with E-state index in [1.807, 2.05) is 14.2 Å². The molecule has 0 aromatic rings. The van der Waals surface area contributed by atoms with Gasteiger partial charge in [-0.15, -0.1) is 0 Å². The first-order chi connectivity index (χ1) is 8.31. The first kappa shape index (κ1) is 13.4. The zero-order valence-corrected chi connectivity index (χ0v) is 11.5. The molecular weight excluding hydrogens is 212 g/mol. The van der Waals surface area contributed by atoms with Crippen molar-refractivity contribution < 1.29 is 9.47 Å². The first-order valence-electron chi connectivity index (χ1n) is 7.37. The highest BCUT2D eigenvalue weighted by atomic mass is 16.5. The minimum Gasteiger partial charge on any atom is -0.381 e. The molecule has 2 heteroatoms. The largest absolute Gasteiger partial charge is 0.381 e. The molecule has 0 aliphatic heterocycles. The van der Waals surface area contributed by atoms with Crippen molar-refractivity contribution >= 4 is 0 Å². The first-order valence-corrected chi connectivity index (χ1v) is 7.37. The molecule has 0 amide bonds. The molecule has 0 heterocycles. The molecule has 2 fully saturated rings. The molecule has 2 saturated carbocycles. The van der Waals surface area contributed by atoms with Gasteiger partial charge in [0, 0.05) is 14.2 Å². The second kappa shape index (κ2) is 6.75. The average molecular weight is 240 g/mol. The van der Waals surface area contributed by atoms with Gasteiger partial charge in [0.2, 0.25) is 0 Å². The summed E-state index contributed by atoms with van der Waals surface area (Å²) in [5.74, 6) is 1.82. The highest BCUT2D eigenvalue weighted by Gasteiger charge is 2.27. The normalized spacial score (nSPS) is 39.2. The van der Waals surface area contributed by atoms with Crippen LogP contribution in [0.3, 0.4) is 0 Å². The third kappa shape index (κ3) is 3.96. The SMILES string of the molecule is COC1CCCC(CC2CCCC(OC)C2)C1. The van der Waals surface area contributed by atoms with E-state index < -0.39 is 0 Å². The molecule has 2 aliphatic rings. The van der Waals surface area contributed by atoms with E-state index in [-0.39, 0.29) is 0 Å². The molecule has 0 spiro atoms. The second-order valence-corrected chi connectivity index (χ2v) is 6.02. The molecular formula is C15H28O2. The van der Waals surface area contributed by atoms with E-state index in [2.05, 4.69) is 0 Å². The van der Waals surface area contributed by atoms with Crippen molar-refractivity contribution in [3.63, 3.8) is 0 Å². The monoisotopic (exact) mass is 240 g/mol. The minimum atomic E-state index is 0.538. The van der Waals surface area contributed by atoms with Crippen LogP contribution in [-0.4, -0.2) is 26.4 Å². The topological polar surface area (TPSA) is 18.5 Å². The van der Waals surface area contributed by atoms with Gasteiger partial charge in [0.15, 0.2) is 0 Å². The maximum Gasteiger partial charge on any atom is 0.0574 e. The molecule has 17 heavy (non-hydrogen) atoms. The van der Waals surface area contributed by atoms with Gasteiger partial charge in [-0.3, -0.25) is 0 Å². The van der Waals surface area contributed by atoms with Gasteiger partial charge in [0.1, 0.15) is 0 Å². The van der Waals surface area contributed by atoms with Crippen LogP contribution in [0.5, 0.6) is 0 Å². The van der Waals surface area contributed by atoms with Crippen LogP contribution < -0.4 is 0 Å². The lowest BCUT2D eigenvalue weighted by Gasteiger charge is -2.34. The van der Waals surface area contributed by atoms with Crippen LogP contribution in [0.4, 0.5) is 0 Å². The molecule has 0 bridgehead atoms. The van der Waals surface area contributed by atoms with Crippen LogP contribution >= 0.6 is 0 Å². The van der Waals surface area contributed by atoms with E-state index in [1.54, 1.807) is 0 Å². The number of hydrogen-bond acceptors (Lipinski definition) is 2. The summed E-state index contributed by atoms with van der Waals surface area (Å²) in [5.41, 5.74) is 0. The number of ether oxygens (including phenoxy) is 2. The van der Waals surface area contributed by atoms with Crippen molar-refractivity contribution in [3.8, 4) is 0 Å². The van der Waals surface area contributed by atoms with E-state index in [1.165, 1.54) is 57.8 Å². The summed E-state index contributed by atoms with van der Waals surface area (Å²) in [6, 6.07) is 0.